The van der Waals surface area contributed by atoms with Crippen LogP contribution in [-0.4, -0.2) is 21.5 Å². The van der Waals surface area contributed by atoms with Crippen LogP contribution in [0.2, 0.25) is 0 Å². The van der Waals surface area contributed by atoms with Gasteiger partial charge in [-0.3, -0.25) is 4.79 Å². The van der Waals surface area contributed by atoms with E-state index in [0.29, 0.717) is 18.1 Å². The molecule has 0 bridgehead atoms. The second-order valence-corrected chi connectivity index (χ2v) is 4.07. The number of nitrogens with zero attached hydrogens (tertiary/aromatic N) is 2. The average molecular weight is 260 g/mol. The summed E-state index contributed by atoms with van der Waals surface area (Å²) in [6.45, 7) is 3.86. The van der Waals surface area contributed by atoms with E-state index in [-0.39, 0.29) is 17.7 Å². The molecule has 100 valence electrons. The van der Waals surface area contributed by atoms with Crippen LogP contribution in [0.4, 0.5) is 0 Å². The highest BCUT2D eigenvalue weighted by Crippen LogP contribution is 2.22. The number of ether oxygens (including phenoxy) is 1. The molecule has 0 saturated carbocycles. The van der Waals surface area contributed by atoms with Crippen molar-refractivity contribution in [2.24, 2.45) is 0 Å². The van der Waals surface area contributed by atoms with E-state index >= 15 is 0 Å². The van der Waals surface area contributed by atoms with E-state index in [1.165, 1.54) is 6.07 Å². The first-order valence-electron chi connectivity index (χ1n) is 6.10. The van der Waals surface area contributed by atoms with Crippen molar-refractivity contribution in [2.45, 2.75) is 20.5 Å². The van der Waals surface area contributed by atoms with Gasteiger partial charge in [-0.15, -0.1) is 0 Å². The molecule has 0 aliphatic rings. The molecule has 5 nitrogen and oxygen atoms in total. The van der Waals surface area contributed by atoms with Crippen molar-refractivity contribution in [1.82, 2.24) is 9.78 Å². The van der Waals surface area contributed by atoms with Gasteiger partial charge < -0.3 is 9.84 Å². The molecule has 1 aromatic carbocycles. The summed E-state index contributed by atoms with van der Waals surface area (Å²) in [7, 11) is 0. The summed E-state index contributed by atoms with van der Waals surface area (Å²) in [6, 6.07) is 8.91. The van der Waals surface area contributed by atoms with Crippen LogP contribution in [0.15, 0.2) is 35.1 Å². The van der Waals surface area contributed by atoms with E-state index in [2.05, 4.69) is 5.10 Å². The quantitative estimate of drug-likeness (QED) is 0.903. The van der Waals surface area contributed by atoms with Gasteiger partial charge in [0.05, 0.1) is 13.2 Å². The fourth-order valence-corrected chi connectivity index (χ4v) is 1.85. The van der Waals surface area contributed by atoms with Gasteiger partial charge in [0, 0.05) is 11.8 Å². The maximum atomic E-state index is 11.6. The zero-order valence-corrected chi connectivity index (χ0v) is 11.0. The van der Waals surface area contributed by atoms with E-state index in [1.807, 2.05) is 31.2 Å². The van der Waals surface area contributed by atoms with Crippen LogP contribution in [-0.2, 0) is 6.61 Å². The largest absolute Gasteiger partial charge is 0.492 e. The molecule has 0 radical (unpaired) electrons. The van der Waals surface area contributed by atoms with E-state index in [4.69, 9.17) is 9.84 Å². The summed E-state index contributed by atoms with van der Waals surface area (Å²) < 4.78 is 7.16. The van der Waals surface area contributed by atoms with Gasteiger partial charge in [0.1, 0.15) is 17.1 Å². The van der Waals surface area contributed by atoms with Crippen molar-refractivity contribution in [1.29, 1.82) is 0 Å². The lowest BCUT2D eigenvalue weighted by atomic mass is 10.2. The normalized spacial score (nSPS) is 10.5. The smallest absolute Gasteiger partial charge is 0.206 e. The van der Waals surface area contributed by atoms with Crippen LogP contribution in [0, 0.1) is 6.92 Å². The maximum Gasteiger partial charge on any atom is 0.206 e. The zero-order chi connectivity index (χ0) is 13.8. The van der Waals surface area contributed by atoms with Crippen molar-refractivity contribution >= 4 is 0 Å². The molecule has 2 aromatic rings. The Kier molecular flexibility index (Phi) is 3.97. The first kappa shape index (κ1) is 13.3. The van der Waals surface area contributed by atoms with E-state index in [9.17, 15) is 4.79 Å². The van der Waals surface area contributed by atoms with E-state index in [0.717, 1.165) is 5.69 Å². The highest BCUT2D eigenvalue weighted by Gasteiger charge is 2.10. The molecule has 0 saturated heterocycles. The minimum atomic E-state index is -0.379. The SMILES string of the molecule is CCOc1ccccc1-n1nc(CO)c(=O)cc1C. The molecule has 1 heterocycles. The lowest BCUT2D eigenvalue weighted by Crippen LogP contribution is -2.19. The Labute approximate surface area is 111 Å². The average Bonchev–Trinajstić information content (AvgIpc) is 2.40. The second-order valence-electron chi connectivity index (χ2n) is 4.07. The molecule has 1 aromatic heterocycles. The fraction of sp³-hybridized carbons (Fsp3) is 0.286. The van der Waals surface area contributed by atoms with Gasteiger partial charge in [-0.05, 0) is 26.0 Å². The van der Waals surface area contributed by atoms with Crippen molar-refractivity contribution in [3.8, 4) is 11.4 Å². The Morgan fingerprint density at radius 3 is 2.79 bits per heavy atom. The lowest BCUT2D eigenvalue weighted by Gasteiger charge is -2.14. The van der Waals surface area contributed by atoms with Crippen LogP contribution in [0.1, 0.15) is 18.3 Å². The number of rotatable bonds is 4. The third-order valence-corrected chi connectivity index (χ3v) is 2.72. The summed E-state index contributed by atoms with van der Waals surface area (Å²) >= 11 is 0. The number of hydrogen-bond acceptors (Lipinski definition) is 4. The number of aryl methyl sites for hydroxylation is 1. The molecule has 0 atom stereocenters. The summed E-state index contributed by atoms with van der Waals surface area (Å²) in [5.74, 6) is 0.688. The van der Waals surface area contributed by atoms with Crippen LogP contribution in [0.25, 0.3) is 5.69 Å². The number of aliphatic hydroxyl groups excluding tert-OH is 1. The molecule has 0 aliphatic carbocycles. The number of aliphatic hydroxyl groups is 1. The molecule has 0 fully saturated rings. The lowest BCUT2D eigenvalue weighted by molar-refractivity contribution is 0.272. The van der Waals surface area contributed by atoms with Gasteiger partial charge in [0.2, 0.25) is 5.43 Å². The zero-order valence-electron chi connectivity index (χ0n) is 11.0. The van der Waals surface area contributed by atoms with Crippen LogP contribution < -0.4 is 10.2 Å². The number of hydrogen-bond donors (Lipinski definition) is 1. The van der Waals surface area contributed by atoms with Gasteiger partial charge in [-0.25, -0.2) is 4.68 Å². The van der Waals surface area contributed by atoms with E-state index in [1.54, 1.807) is 11.6 Å². The Morgan fingerprint density at radius 1 is 1.37 bits per heavy atom. The molecule has 0 spiro atoms. The predicted molar refractivity (Wildman–Crippen MR) is 71.7 cm³/mol. The maximum absolute atomic E-state index is 11.6. The van der Waals surface area contributed by atoms with Crippen molar-refractivity contribution in [3.05, 3.63) is 51.9 Å². The Hall–Kier alpha value is -2.14. The molecule has 19 heavy (non-hydrogen) atoms. The number of para-hydroxylation sites is 2. The van der Waals surface area contributed by atoms with E-state index < -0.39 is 0 Å². The molecular formula is C14H16N2O3. The fourth-order valence-electron chi connectivity index (χ4n) is 1.85. The molecule has 2 rings (SSSR count). The van der Waals surface area contributed by atoms with Gasteiger partial charge in [-0.2, -0.15) is 5.10 Å². The topological polar surface area (TPSA) is 64.3 Å². The van der Waals surface area contributed by atoms with Crippen LogP contribution in [0.5, 0.6) is 5.75 Å². The molecular weight excluding hydrogens is 244 g/mol. The molecule has 5 heteroatoms. The van der Waals surface area contributed by atoms with Crippen LogP contribution in [0.3, 0.4) is 0 Å². The first-order valence-corrected chi connectivity index (χ1v) is 6.10. The first-order chi connectivity index (χ1) is 9.17. The third kappa shape index (κ3) is 2.66. The van der Waals surface area contributed by atoms with Crippen molar-refractivity contribution < 1.29 is 9.84 Å². The van der Waals surface area contributed by atoms with Crippen LogP contribution >= 0.6 is 0 Å². The third-order valence-electron chi connectivity index (χ3n) is 2.72. The molecule has 0 amide bonds. The minimum absolute atomic E-state index is 0.122. The summed E-state index contributed by atoms with van der Waals surface area (Å²) in [6.07, 6.45) is 0. The van der Waals surface area contributed by atoms with Gasteiger partial charge in [0.15, 0.2) is 0 Å². The van der Waals surface area contributed by atoms with Gasteiger partial charge in [-0.1, -0.05) is 12.1 Å². The second kappa shape index (κ2) is 5.67. The Balaban J connectivity index is 2.61. The number of aromatic nitrogens is 2. The number of benzene rings is 1. The Bertz CT molecular complexity index is 635. The van der Waals surface area contributed by atoms with Gasteiger partial charge >= 0.3 is 0 Å². The van der Waals surface area contributed by atoms with Gasteiger partial charge in [0.25, 0.3) is 0 Å². The highest BCUT2D eigenvalue weighted by molar-refractivity contribution is 5.46. The van der Waals surface area contributed by atoms with Crippen molar-refractivity contribution in [2.75, 3.05) is 6.61 Å². The summed E-state index contributed by atoms with van der Waals surface area (Å²) in [5, 5.41) is 13.3. The molecule has 0 aliphatic heterocycles. The van der Waals surface area contributed by atoms with Crippen molar-refractivity contribution in [3.63, 3.8) is 0 Å². The highest BCUT2D eigenvalue weighted by atomic mass is 16.5. The monoisotopic (exact) mass is 260 g/mol. The predicted octanol–water partition coefficient (Wildman–Crippen LogP) is 1.43. The molecule has 1 N–H and O–H groups in total. The Morgan fingerprint density at radius 2 is 2.11 bits per heavy atom. The summed E-state index contributed by atoms with van der Waals surface area (Å²) in [5.41, 5.74) is 1.30. The summed E-state index contributed by atoms with van der Waals surface area (Å²) in [4.78, 5) is 11.6. The molecule has 0 unspecified atom stereocenters. The minimum Gasteiger partial charge on any atom is -0.492 e. The standard InChI is InChI=1S/C14H16N2O3/c1-3-19-14-7-5-4-6-12(14)16-10(2)8-13(18)11(9-17)15-16/h4-8,17H,3,9H2,1-2H3.